The predicted octanol–water partition coefficient (Wildman–Crippen LogP) is 3.44. The number of nitrogens with zero attached hydrogens (tertiary/aromatic N) is 1. The molecule has 0 bridgehead atoms. The van der Waals surface area contributed by atoms with E-state index in [1.807, 2.05) is 55.5 Å². The highest BCUT2D eigenvalue weighted by Gasteiger charge is 2.25. The van der Waals surface area contributed by atoms with E-state index in [1.54, 1.807) is 4.90 Å². The zero-order valence-electron chi connectivity index (χ0n) is 13.9. The van der Waals surface area contributed by atoms with Crippen LogP contribution in [0.2, 0.25) is 0 Å². The number of fused-ring (bicyclic) bond motifs is 1. The van der Waals surface area contributed by atoms with E-state index in [1.165, 1.54) is 0 Å². The molecule has 0 saturated heterocycles. The molecule has 1 N–H and O–H groups in total. The van der Waals surface area contributed by atoms with E-state index in [4.69, 9.17) is 4.74 Å². The van der Waals surface area contributed by atoms with Gasteiger partial charge < -0.3 is 15.0 Å². The largest absolute Gasteiger partial charge is 0.482 e. The van der Waals surface area contributed by atoms with Gasteiger partial charge in [0.1, 0.15) is 5.75 Å². The van der Waals surface area contributed by atoms with Gasteiger partial charge in [0.05, 0.1) is 11.7 Å². The van der Waals surface area contributed by atoms with Crippen LogP contribution in [0.4, 0.5) is 5.69 Å². The van der Waals surface area contributed by atoms with E-state index in [-0.39, 0.29) is 30.9 Å². The van der Waals surface area contributed by atoms with E-state index < -0.39 is 0 Å². The Morgan fingerprint density at radius 2 is 1.96 bits per heavy atom. The van der Waals surface area contributed by atoms with Gasteiger partial charge in [0.15, 0.2) is 6.61 Å². The number of hydrogen-bond acceptors (Lipinski definition) is 3. The molecule has 0 aromatic heterocycles. The number of carbonyl (C=O) groups is 2. The molecule has 1 aliphatic rings. The summed E-state index contributed by atoms with van der Waals surface area (Å²) in [6, 6.07) is 15.1. The molecule has 2 aromatic carbocycles. The molecule has 25 heavy (non-hydrogen) atoms. The molecule has 0 unspecified atom stereocenters. The summed E-state index contributed by atoms with van der Waals surface area (Å²) in [6.07, 6.45) is 0.237. The van der Waals surface area contributed by atoms with Crippen LogP contribution in [-0.2, 0) is 9.59 Å². The molecule has 0 aliphatic carbocycles. The molecule has 1 atom stereocenters. The Kier molecular flexibility index (Phi) is 5.38. The van der Waals surface area contributed by atoms with Gasteiger partial charge in [-0.15, -0.1) is 0 Å². The minimum atomic E-state index is -0.132. The fourth-order valence-electron chi connectivity index (χ4n) is 2.76. The van der Waals surface area contributed by atoms with Crippen LogP contribution in [0.3, 0.4) is 0 Å². The number of nitrogens with one attached hydrogen (secondary N) is 1. The summed E-state index contributed by atoms with van der Waals surface area (Å²) in [5.74, 6) is 0.449. The average Bonchev–Trinajstić information content (AvgIpc) is 2.61. The molecule has 2 aromatic rings. The topological polar surface area (TPSA) is 58.6 Å². The smallest absolute Gasteiger partial charge is 0.265 e. The van der Waals surface area contributed by atoms with Gasteiger partial charge in [0.25, 0.3) is 5.91 Å². The van der Waals surface area contributed by atoms with Crippen LogP contribution < -0.4 is 15.0 Å². The van der Waals surface area contributed by atoms with Gasteiger partial charge in [-0.1, -0.05) is 40.2 Å². The van der Waals surface area contributed by atoms with Crippen molar-refractivity contribution in [2.75, 3.05) is 18.1 Å². The Bertz CT molecular complexity index is 776. The van der Waals surface area contributed by atoms with E-state index in [2.05, 4.69) is 21.2 Å². The summed E-state index contributed by atoms with van der Waals surface area (Å²) in [4.78, 5) is 26.0. The molecule has 6 heteroatoms. The SMILES string of the molecule is C[C@@H](NC(=O)CCN1C(=O)COc2ccccc21)c1ccc(Br)cc1. The molecule has 0 radical (unpaired) electrons. The first-order valence-electron chi connectivity index (χ1n) is 8.11. The van der Waals surface area contributed by atoms with Crippen molar-refractivity contribution < 1.29 is 14.3 Å². The fraction of sp³-hybridized carbons (Fsp3) is 0.263. The summed E-state index contributed by atoms with van der Waals surface area (Å²) < 4.78 is 6.41. The second-order valence-electron chi connectivity index (χ2n) is 5.89. The number of hydrogen-bond donors (Lipinski definition) is 1. The second-order valence-corrected chi connectivity index (χ2v) is 6.81. The van der Waals surface area contributed by atoms with Gasteiger partial charge in [0, 0.05) is 17.4 Å². The van der Waals surface area contributed by atoms with Gasteiger partial charge in [-0.2, -0.15) is 0 Å². The maximum absolute atomic E-state index is 12.3. The maximum atomic E-state index is 12.3. The molecular formula is C19H19BrN2O3. The van der Waals surface area contributed by atoms with E-state index in [0.29, 0.717) is 18.0 Å². The van der Waals surface area contributed by atoms with Crippen molar-refractivity contribution in [3.63, 3.8) is 0 Å². The van der Waals surface area contributed by atoms with Crippen molar-refractivity contribution >= 4 is 33.4 Å². The summed E-state index contributed by atoms with van der Waals surface area (Å²) >= 11 is 3.40. The average molecular weight is 403 g/mol. The zero-order chi connectivity index (χ0) is 17.8. The first-order valence-corrected chi connectivity index (χ1v) is 8.91. The summed E-state index contributed by atoms with van der Waals surface area (Å²) in [7, 11) is 0. The lowest BCUT2D eigenvalue weighted by molar-refractivity contribution is -0.122. The molecule has 0 spiro atoms. The first kappa shape index (κ1) is 17.5. The monoisotopic (exact) mass is 402 g/mol. The highest BCUT2D eigenvalue weighted by atomic mass is 79.9. The standard InChI is InChI=1S/C19H19BrN2O3/c1-13(14-6-8-15(20)9-7-14)21-18(23)10-11-22-16-4-2-3-5-17(16)25-12-19(22)24/h2-9,13H,10-12H2,1H3,(H,21,23)/t13-/m1/s1. The van der Waals surface area contributed by atoms with Gasteiger partial charge in [0.2, 0.25) is 5.91 Å². The Hall–Kier alpha value is -2.34. The van der Waals surface area contributed by atoms with Gasteiger partial charge in [-0.3, -0.25) is 9.59 Å². The first-order chi connectivity index (χ1) is 12.0. The fourth-order valence-corrected chi connectivity index (χ4v) is 3.03. The quantitative estimate of drug-likeness (QED) is 0.832. The van der Waals surface area contributed by atoms with Crippen molar-refractivity contribution in [3.05, 3.63) is 58.6 Å². The zero-order valence-corrected chi connectivity index (χ0v) is 15.5. The lowest BCUT2D eigenvalue weighted by Crippen LogP contribution is -2.41. The van der Waals surface area contributed by atoms with Crippen LogP contribution in [0, 0.1) is 0 Å². The Morgan fingerprint density at radius 1 is 1.24 bits per heavy atom. The van der Waals surface area contributed by atoms with E-state index in [0.717, 1.165) is 10.0 Å². The summed E-state index contributed by atoms with van der Waals surface area (Å²) in [6.45, 7) is 2.28. The predicted molar refractivity (Wildman–Crippen MR) is 99.6 cm³/mol. The lowest BCUT2D eigenvalue weighted by Gasteiger charge is -2.29. The van der Waals surface area contributed by atoms with Gasteiger partial charge in [-0.25, -0.2) is 0 Å². The van der Waals surface area contributed by atoms with Crippen LogP contribution in [0.25, 0.3) is 0 Å². The van der Waals surface area contributed by atoms with Gasteiger partial charge in [-0.05, 0) is 36.8 Å². The van der Waals surface area contributed by atoms with Gasteiger partial charge >= 0.3 is 0 Å². The van der Waals surface area contributed by atoms with Crippen LogP contribution >= 0.6 is 15.9 Å². The Morgan fingerprint density at radius 3 is 2.72 bits per heavy atom. The Labute approximate surface area is 155 Å². The second kappa shape index (κ2) is 7.70. The number of rotatable bonds is 5. The highest BCUT2D eigenvalue weighted by molar-refractivity contribution is 9.10. The van der Waals surface area contributed by atoms with Crippen LogP contribution in [-0.4, -0.2) is 25.0 Å². The van der Waals surface area contributed by atoms with Crippen LogP contribution in [0.1, 0.15) is 24.9 Å². The number of carbonyl (C=O) groups excluding carboxylic acids is 2. The summed E-state index contributed by atoms with van der Waals surface area (Å²) in [5, 5.41) is 2.97. The highest BCUT2D eigenvalue weighted by Crippen LogP contribution is 2.31. The van der Waals surface area contributed by atoms with Crippen molar-refractivity contribution in [2.24, 2.45) is 0 Å². The molecule has 0 fully saturated rings. The third kappa shape index (κ3) is 4.20. The molecule has 3 rings (SSSR count). The third-order valence-electron chi connectivity index (χ3n) is 4.12. The molecule has 0 saturated carbocycles. The molecule has 2 amide bonds. The molecule has 5 nitrogen and oxygen atoms in total. The van der Waals surface area contributed by atoms with Crippen molar-refractivity contribution in [3.8, 4) is 5.75 Å². The molecule has 130 valence electrons. The summed E-state index contributed by atoms with van der Waals surface area (Å²) in [5.41, 5.74) is 1.75. The third-order valence-corrected chi connectivity index (χ3v) is 4.65. The number of benzene rings is 2. The number of ether oxygens (including phenoxy) is 1. The Balaban J connectivity index is 1.59. The minimum absolute atomic E-state index is 0.00787. The molecular weight excluding hydrogens is 384 g/mol. The van der Waals surface area contributed by atoms with Crippen molar-refractivity contribution in [2.45, 2.75) is 19.4 Å². The lowest BCUT2D eigenvalue weighted by atomic mass is 10.1. The number of halogens is 1. The molecule has 1 aliphatic heterocycles. The van der Waals surface area contributed by atoms with Crippen LogP contribution in [0.5, 0.6) is 5.75 Å². The minimum Gasteiger partial charge on any atom is -0.482 e. The van der Waals surface area contributed by atoms with E-state index >= 15 is 0 Å². The number of anilines is 1. The number of para-hydroxylation sites is 2. The van der Waals surface area contributed by atoms with E-state index in [9.17, 15) is 9.59 Å². The van der Waals surface area contributed by atoms with Crippen molar-refractivity contribution in [1.29, 1.82) is 0 Å². The van der Waals surface area contributed by atoms with Crippen LogP contribution in [0.15, 0.2) is 53.0 Å². The normalized spacial score (nSPS) is 14.5. The maximum Gasteiger partial charge on any atom is 0.265 e. The number of amides is 2. The molecule has 1 heterocycles. The van der Waals surface area contributed by atoms with Crippen molar-refractivity contribution in [1.82, 2.24) is 5.32 Å².